The van der Waals surface area contributed by atoms with Crippen molar-refractivity contribution in [3.8, 4) is 11.8 Å². The predicted octanol–water partition coefficient (Wildman–Crippen LogP) is 0.710. The number of hydrogen-bond acceptors (Lipinski definition) is 4. The fourth-order valence-electron chi connectivity index (χ4n) is 1.52. The molecule has 0 radical (unpaired) electrons. The number of pyridine rings is 1. The molecule has 0 atom stereocenters. The third kappa shape index (κ3) is 3.57. The maximum atomic E-state index is 11.8. The first kappa shape index (κ1) is 14.1. The quantitative estimate of drug-likeness (QED) is 0.728. The molecule has 0 saturated heterocycles. The van der Waals surface area contributed by atoms with Crippen molar-refractivity contribution < 1.29 is 9.90 Å². The monoisotopic (exact) mass is 288 g/mol. The van der Waals surface area contributed by atoms with Crippen LogP contribution < -0.4 is 10.7 Å². The number of rotatable bonds is 3. The molecule has 20 heavy (non-hydrogen) atoms. The van der Waals surface area contributed by atoms with Crippen molar-refractivity contribution >= 4 is 17.2 Å². The predicted molar refractivity (Wildman–Crippen MR) is 76.5 cm³/mol. The molecule has 0 unspecified atom stereocenters. The summed E-state index contributed by atoms with van der Waals surface area (Å²) < 4.78 is 0. The molecule has 5 nitrogen and oxygen atoms in total. The van der Waals surface area contributed by atoms with E-state index in [0.29, 0.717) is 6.54 Å². The van der Waals surface area contributed by atoms with Crippen LogP contribution in [0.2, 0.25) is 0 Å². The Balaban J connectivity index is 1.99. The maximum Gasteiger partial charge on any atom is 0.257 e. The third-order valence-corrected chi connectivity index (χ3v) is 3.44. The molecular weight excluding hydrogens is 276 g/mol. The van der Waals surface area contributed by atoms with Crippen LogP contribution in [0.5, 0.6) is 0 Å². The lowest BCUT2D eigenvalue weighted by Gasteiger charge is -2.02. The Morgan fingerprint density at radius 3 is 3.00 bits per heavy atom. The third-order valence-electron chi connectivity index (χ3n) is 2.44. The van der Waals surface area contributed by atoms with Crippen LogP contribution in [-0.4, -0.2) is 22.6 Å². The molecule has 0 bridgehead atoms. The first-order valence-corrected chi connectivity index (χ1v) is 6.66. The molecule has 0 aliphatic carbocycles. The molecule has 0 fully saturated rings. The first-order valence-electron chi connectivity index (χ1n) is 5.84. The Morgan fingerprint density at radius 2 is 2.25 bits per heavy atom. The normalized spacial score (nSPS) is 9.65. The molecule has 2 rings (SSSR count). The van der Waals surface area contributed by atoms with E-state index in [1.807, 2.05) is 12.1 Å². The van der Waals surface area contributed by atoms with Gasteiger partial charge in [0.15, 0.2) is 5.43 Å². The average Bonchev–Trinajstić information content (AvgIpc) is 2.91. The molecule has 0 aliphatic rings. The van der Waals surface area contributed by atoms with E-state index in [0.717, 1.165) is 9.75 Å². The molecule has 0 aliphatic heterocycles. The molecule has 2 aromatic rings. The summed E-state index contributed by atoms with van der Waals surface area (Å²) in [5, 5.41) is 11.3. The molecule has 1 amide bonds. The van der Waals surface area contributed by atoms with Crippen LogP contribution in [0.15, 0.2) is 35.4 Å². The van der Waals surface area contributed by atoms with E-state index in [1.165, 1.54) is 29.8 Å². The Bertz CT molecular complexity index is 722. The smallest absolute Gasteiger partial charge is 0.257 e. The average molecular weight is 288 g/mol. The van der Waals surface area contributed by atoms with Gasteiger partial charge in [-0.05, 0) is 12.1 Å². The SMILES string of the molecule is O=C(NCc1ccc(C#CCO)s1)c1c[nH]ccc1=O. The number of hydrogen-bond donors (Lipinski definition) is 3. The minimum Gasteiger partial charge on any atom is -0.384 e. The number of aromatic nitrogens is 1. The van der Waals surface area contributed by atoms with Crippen molar-refractivity contribution in [1.82, 2.24) is 10.3 Å². The lowest BCUT2D eigenvalue weighted by molar-refractivity contribution is 0.0950. The highest BCUT2D eigenvalue weighted by Gasteiger charge is 2.09. The lowest BCUT2D eigenvalue weighted by Crippen LogP contribution is -2.27. The molecular formula is C14H12N2O3S. The Morgan fingerprint density at radius 1 is 1.40 bits per heavy atom. The minimum absolute atomic E-state index is 0.0874. The van der Waals surface area contributed by atoms with Gasteiger partial charge in [-0.2, -0.15) is 0 Å². The number of nitrogens with one attached hydrogen (secondary N) is 2. The fourth-order valence-corrected chi connectivity index (χ4v) is 2.35. The van der Waals surface area contributed by atoms with Crippen LogP contribution in [0.4, 0.5) is 0 Å². The molecule has 102 valence electrons. The van der Waals surface area contributed by atoms with E-state index >= 15 is 0 Å². The largest absolute Gasteiger partial charge is 0.384 e. The molecule has 0 aromatic carbocycles. The van der Waals surface area contributed by atoms with Gasteiger partial charge in [-0.15, -0.1) is 11.3 Å². The highest BCUT2D eigenvalue weighted by molar-refractivity contribution is 7.12. The zero-order valence-corrected chi connectivity index (χ0v) is 11.3. The zero-order valence-electron chi connectivity index (χ0n) is 10.5. The van der Waals surface area contributed by atoms with Gasteiger partial charge >= 0.3 is 0 Å². The van der Waals surface area contributed by atoms with Crippen molar-refractivity contribution in [3.05, 3.63) is 56.1 Å². The highest BCUT2D eigenvalue weighted by Crippen LogP contribution is 2.15. The second-order valence-electron chi connectivity index (χ2n) is 3.83. The first-order chi connectivity index (χ1) is 9.70. The van der Waals surface area contributed by atoms with Crippen LogP contribution in [0.3, 0.4) is 0 Å². The number of amides is 1. The summed E-state index contributed by atoms with van der Waals surface area (Å²) in [6, 6.07) is 4.98. The summed E-state index contributed by atoms with van der Waals surface area (Å²) in [6.45, 7) is 0.152. The van der Waals surface area contributed by atoms with Gasteiger partial charge in [0.25, 0.3) is 5.91 Å². The molecule has 6 heteroatoms. The van der Waals surface area contributed by atoms with Crippen LogP contribution in [-0.2, 0) is 6.54 Å². The van der Waals surface area contributed by atoms with Gasteiger partial charge < -0.3 is 15.4 Å². The maximum absolute atomic E-state index is 11.8. The van der Waals surface area contributed by atoms with E-state index in [4.69, 9.17) is 5.11 Å². The highest BCUT2D eigenvalue weighted by atomic mass is 32.1. The number of carbonyl (C=O) groups is 1. The number of aliphatic hydroxyl groups excluding tert-OH is 1. The van der Waals surface area contributed by atoms with Crippen LogP contribution in [0, 0.1) is 11.8 Å². The molecule has 0 saturated carbocycles. The van der Waals surface area contributed by atoms with Crippen LogP contribution >= 0.6 is 11.3 Å². The Hall–Kier alpha value is -2.36. The van der Waals surface area contributed by atoms with E-state index < -0.39 is 5.91 Å². The van der Waals surface area contributed by atoms with Crippen molar-refractivity contribution in [2.24, 2.45) is 0 Å². The van der Waals surface area contributed by atoms with Gasteiger partial charge in [0, 0.05) is 23.3 Å². The van der Waals surface area contributed by atoms with Gasteiger partial charge in [0.05, 0.1) is 11.4 Å². The second-order valence-corrected chi connectivity index (χ2v) is 5.00. The van der Waals surface area contributed by atoms with Crippen molar-refractivity contribution in [1.29, 1.82) is 0 Å². The summed E-state index contributed by atoms with van der Waals surface area (Å²) >= 11 is 1.43. The Labute approximate surface area is 119 Å². The molecule has 2 heterocycles. The standard InChI is InChI=1S/C14H12N2O3S/c17-7-1-2-10-3-4-11(20-10)8-16-14(19)12-9-15-6-5-13(12)18/h3-6,9,17H,7-8H2,(H,15,18)(H,16,19). The number of aliphatic hydroxyl groups is 1. The molecule has 3 N–H and O–H groups in total. The van der Waals surface area contributed by atoms with Gasteiger partial charge in [-0.3, -0.25) is 9.59 Å². The summed E-state index contributed by atoms with van der Waals surface area (Å²) in [7, 11) is 0. The number of carbonyl (C=O) groups excluding carboxylic acids is 1. The molecule has 2 aromatic heterocycles. The molecule has 0 spiro atoms. The minimum atomic E-state index is -0.414. The van der Waals surface area contributed by atoms with Crippen molar-refractivity contribution in [2.75, 3.05) is 6.61 Å². The number of H-pyrrole nitrogens is 1. The topological polar surface area (TPSA) is 82.2 Å². The summed E-state index contributed by atoms with van der Waals surface area (Å²) in [5.41, 5.74) is -0.230. The summed E-state index contributed by atoms with van der Waals surface area (Å²) in [4.78, 5) is 27.8. The van der Waals surface area contributed by atoms with Gasteiger partial charge in [-0.1, -0.05) is 11.8 Å². The van der Waals surface area contributed by atoms with Gasteiger partial charge in [0.1, 0.15) is 12.2 Å². The van der Waals surface area contributed by atoms with Crippen LogP contribution in [0.1, 0.15) is 20.1 Å². The van der Waals surface area contributed by atoms with Gasteiger partial charge in [-0.25, -0.2) is 0 Å². The zero-order chi connectivity index (χ0) is 14.4. The van der Waals surface area contributed by atoms with Gasteiger partial charge in [0.2, 0.25) is 0 Å². The number of aromatic amines is 1. The van der Waals surface area contributed by atoms with Crippen LogP contribution in [0.25, 0.3) is 0 Å². The summed E-state index contributed by atoms with van der Waals surface area (Å²) in [5.74, 6) is 4.94. The second kappa shape index (κ2) is 6.70. The Kier molecular flexibility index (Phi) is 4.71. The van der Waals surface area contributed by atoms with E-state index in [1.54, 1.807) is 0 Å². The fraction of sp³-hybridized carbons (Fsp3) is 0.143. The van der Waals surface area contributed by atoms with Crippen molar-refractivity contribution in [2.45, 2.75) is 6.54 Å². The van der Waals surface area contributed by atoms with Crippen molar-refractivity contribution in [3.63, 3.8) is 0 Å². The van der Waals surface area contributed by atoms with E-state index in [-0.39, 0.29) is 17.6 Å². The van der Waals surface area contributed by atoms with E-state index in [2.05, 4.69) is 22.1 Å². The lowest BCUT2D eigenvalue weighted by atomic mass is 10.2. The van der Waals surface area contributed by atoms with E-state index in [9.17, 15) is 9.59 Å². The number of thiophene rings is 1. The summed E-state index contributed by atoms with van der Waals surface area (Å²) in [6.07, 6.45) is 2.86.